The van der Waals surface area contributed by atoms with Gasteiger partial charge in [-0.3, -0.25) is 4.79 Å². The van der Waals surface area contributed by atoms with E-state index in [4.69, 9.17) is 4.74 Å². The van der Waals surface area contributed by atoms with Crippen molar-refractivity contribution in [2.24, 2.45) is 0 Å². The Morgan fingerprint density at radius 3 is 2.32 bits per heavy atom. The normalized spacial score (nSPS) is 12.9. The third-order valence-electron chi connectivity index (χ3n) is 4.73. The van der Waals surface area contributed by atoms with Crippen LogP contribution >= 0.6 is 0 Å². The maximum Gasteiger partial charge on any atom is 0.313 e. The summed E-state index contributed by atoms with van der Waals surface area (Å²) in [6.45, 7) is 12.6. The lowest BCUT2D eigenvalue weighted by atomic mass is 9.82. The molecule has 0 aliphatic heterocycles. The number of phenolic OH excluding ortho intramolecular Hbond substituents is 1. The monoisotopic (exact) mass is 348 g/mol. The maximum atomic E-state index is 12.4. The van der Waals surface area contributed by atoms with Crippen LogP contribution in [0, 0.1) is 6.92 Å². The van der Waals surface area contributed by atoms with E-state index in [0.29, 0.717) is 12.4 Å². The van der Waals surface area contributed by atoms with E-state index in [-0.39, 0.29) is 17.3 Å². The fourth-order valence-corrected chi connectivity index (χ4v) is 2.95. The Kier molecular flexibility index (Phi) is 8.47. The molecule has 1 unspecified atom stereocenters. The fourth-order valence-electron chi connectivity index (χ4n) is 2.95. The zero-order valence-electron chi connectivity index (χ0n) is 16.9. The van der Waals surface area contributed by atoms with Crippen molar-refractivity contribution in [3.63, 3.8) is 0 Å². The number of unbranched alkanes of at least 4 members (excludes halogenated alkanes) is 5. The quantitative estimate of drug-likeness (QED) is 0.439. The molecule has 0 spiro atoms. The van der Waals surface area contributed by atoms with Gasteiger partial charge in [0.1, 0.15) is 5.75 Å². The molecule has 142 valence electrons. The molecule has 0 aromatic heterocycles. The zero-order chi connectivity index (χ0) is 19.0. The molecular weight excluding hydrogens is 312 g/mol. The summed E-state index contributed by atoms with van der Waals surface area (Å²) in [6.07, 6.45) is 7.07. The van der Waals surface area contributed by atoms with Crippen LogP contribution in [-0.4, -0.2) is 17.7 Å². The molecule has 1 atom stereocenters. The van der Waals surface area contributed by atoms with E-state index in [2.05, 4.69) is 27.7 Å². The smallest absolute Gasteiger partial charge is 0.313 e. The van der Waals surface area contributed by atoms with Gasteiger partial charge in [0.2, 0.25) is 0 Å². The molecule has 0 heterocycles. The number of esters is 1. The molecule has 0 radical (unpaired) electrons. The van der Waals surface area contributed by atoms with E-state index in [0.717, 1.165) is 29.5 Å². The molecule has 1 rings (SSSR count). The highest BCUT2D eigenvalue weighted by molar-refractivity contribution is 5.78. The summed E-state index contributed by atoms with van der Waals surface area (Å²) in [5, 5.41) is 10.3. The molecular formula is C22H36O3. The van der Waals surface area contributed by atoms with Crippen molar-refractivity contribution in [3.8, 4) is 5.75 Å². The first-order valence-electron chi connectivity index (χ1n) is 9.69. The van der Waals surface area contributed by atoms with E-state index in [1.165, 1.54) is 25.7 Å². The lowest BCUT2D eigenvalue weighted by Gasteiger charge is -2.24. The standard InChI is InChI=1S/C22H36O3/c1-7-8-9-10-11-12-13-25-21(24)17(3)18-14-16(2)20(23)19(15-18)22(4,5)6/h14-15,17,23H,7-13H2,1-6H3. The van der Waals surface area contributed by atoms with E-state index in [1.807, 2.05) is 26.0 Å². The van der Waals surface area contributed by atoms with Crippen molar-refractivity contribution >= 4 is 5.97 Å². The molecule has 0 saturated heterocycles. The van der Waals surface area contributed by atoms with Gasteiger partial charge < -0.3 is 9.84 Å². The number of phenols is 1. The minimum absolute atomic E-state index is 0.174. The Hall–Kier alpha value is -1.51. The number of benzene rings is 1. The van der Waals surface area contributed by atoms with Gasteiger partial charge in [-0.1, -0.05) is 71.9 Å². The summed E-state index contributed by atoms with van der Waals surface area (Å²) < 4.78 is 5.46. The average molecular weight is 349 g/mol. The van der Waals surface area contributed by atoms with Gasteiger partial charge in [0, 0.05) is 0 Å². The third kappa shape index (κ3) is 6.72. The van der Waals surface area contributed by atoms with Crippen LogP contribution in [0.15, 0.2) is 12.1 Å². The van der Waals surface area contributed by atoms with E-state index < -0.39 is 0 Å². The molecule has 0 bridgehead atoms. The van der Waals surface area contributed by atoms with Gasteiger partial charge >= 0.3 is 5.97 Å². The predicted octanol–water partition coefficient (Wildman–Crippen LogP) is 6.01. The summed E-state index contributed by atoms with van der Waals surface area (Å²) in [7, 11) is 0. The first-order chi connectivity index (χ1) is 11.7. The van der Waals surface area contributed by atoms with Crippen LogP contribution in [0.1, 0.15) is 95.8 Å². The summed E-state index contributed by atoms with van der Waals surface area (Å²) >= 11 is 0. The second-order valence-corrected chi connectivity index (χ2v) is 8.14. The van der Waals surface area contributed by atoms with E-state index in [9.17, 15) is 9.90 Å². The third-order valence-corrected chi connectivity index (χ3v) is 4.73. The second-order valence-electron chi connectivity index (χ2n) is 8.14. The molecule has 0 fully saturated rings. The fraction of sp³-hybridized carbons (Fsp3) is 0.682. The van der Waals surface area contributed by atoms with Crippen LogP contribution < -0.4 is 0 Å². The van der Waals surface area contributed by atoms with Crippen LogP contribution in [0.25, 0.3) is 0 Å². The number of hydrogen-bond acceptors (Lipinski definition) is 3. The highest BCUT2D eigenvalue weighted by atomic mass is 16.5. The average Bonchev–Trinajstić information content (AvgIpc) is 2.54. The van der Waals surface area contributed by atoms with E-state index in [1.54, 1.807) is 0 Å². The molecule has 3 nitrogen and oxygen atoms in total. The number of hydrogen-bond donors (Lipinski definition) is 1. The molecule has 3 heteroatoms. The van der Waals surface area contributed by atoms with Gasteiger partial charge in [-0.05, 0) is 42.4 Å². The first-order valence-corrected chi connectivity index (χ1v) is 9.69. The second kappa shape index (κ2) is 9.84. The largest absolute Gasteiger partial charge is 0.507 e. The molecule has 0 aliphatic rings. The SMILES string of the molecule is CCCCCCCCOC(=O)C(C)c1cc(C)c(O)c(C(C)(C)C)c1. The van der Waals surface area contributed by atoms with Gasteiger partial charge in [-0.25, -0.2) is 0 Å². The Morgan fingerprint density at radius 2 is 1.72 bits per heavy atom. The Morgan fingerprint density at radius 1 is 1.12 bits per heavy atom. The zero-order valence-corrected chi connectivity index (χ0v) is 16.9. The van der Waals surface area contributed by atoms with Gasteiger partial charge in [0.25, 0.3) is 0 Å². The highest BCUT2D eigenvalue weighted by Gasteiger charge is 2.24. The van der Waals surface area contributed by atoms with Crippen molar-refractivity contribution in [1.82, 2.24) is 0 Å². The van der Waals surface area contributed by atoms with Crippen molar-refractivity contribution < 1.29 is 14.6 Å². The molecule has 1 aromatic carbocycles. The maximum absolute atomic E-state index is 12.4. The number of aromatic hydroxyl groups is 1. The summed E-state index contributed by atoms with van der Waals surface area (Å²) in [5.74, 6) is -0.178. The summed E-state index contributed by atoms with van der Waals surface area (Å²) in [5.41, 5.74) is 2.41. The van der Waals surface area contributed by atoms with Crippen LogP contribution in [0.2, 0.25) is 0 Å². The molecule has 1 aromatic rings. The van der Waals surface area contributed by atoms with Gasteiger partial charge in [0.15, 0.2) is 0 Å². The van der Waals surface area contributed by atoms with Gasteiger partial charge in [-0.2, -0.15) is 0 Å². The Balaban J connectivity index is 2.63. The molecule has 0 saturated carbocycles. The molecule has 1 N–H and O–H groups in total. The van der Waals surface area contributed by atoms with Gasteiger partial charge in [0.05, 0.1) is 12.5 Å². The Bertz CT molecular complexity index is 555. The summed E-state index contributed by atoms with van der Waals surface area (Å²) in [4.78, 5) is 12.4. The van der Waals surface area contributed by atoms with Crippen molar-refractivity contribution in [3.05, 3.63) is 28.8 Å². The van der Waals surface area contributed by atoms with Crippen molar-refractivity contribution in [1.29, 1.82) is 0 Å². The first kappa shape index (κ1) is 21.5. The van der Waals surface area contributed by atoms with Crippen LogP contribution in [0.5, 0.6) is 5.75 Å². The van der Waals surface area contributed by atoms with Crippen molar-refractivity contribution in [2.45, 2.75) is 91.4 Å². The van der Waals surface area contributed by atoms with Crippen LogP contribution in [0.4, 0.5) is 0 Å². The van der Waals surface area contributed by atoms with Gasteiger partial charge in [-0.15, -0.1) is 0 Å². The summed E-state index contributed by atoms with van der Waals surface area (Å²) in [6, 6.07) is 3.83. The minimum atomic E-state index is -0.319. The minimum Gasteiger partial charge on any atom is -0.507 e. The number of rotatable bonds is 9. The lowest BCUT2D eigenvalue weighted by molar-refractivity contribution is -0.145. The number of carbonyl (C=O) groups excluding carboxylic acids is 1. The van der Waals surface area contributed by atoms with Crippen LogP contribution in [-0.2, 0) is 14.9 Å². The topological polar surface area (TPSA) is 46.5 Å². The molecule has 0 amide bonds. The Labute approximate surface area is 153 Å². The number of carbonyl (C=O) groups is 1. The predicted molar refractivity (Wildman–Crippen MR) is 104 cm³/mol. The number of aryl methyl sites for hydroxylation is 1. The van der Waals surface area contributed by atoms with Crippen molar-refractivity contribution in [2.75, 3.05) is 6.61 Å². The number of ether oxygens (including phenoxy) is 1. The van der Waals surface area contributed by atoms with Crippen LogP contribution in [0.3, 0.4) is 0 Å². The highest BCUT2D eigenvalue weighted by Crippen LogP contribution is 2.36. The molecule has 0 aliphatic carbocycles. The molecule has 25 heavy (non-hydrogen) atoms. The van der Waals surface area contributed by atoms with E-state index >= 15 is 0 Å². The lowest BCUT2D eigenvalue weighted by Crippen LogP contribution is -2.17.